The molecule has 0 spiro atoms. The van der Waals surface area contributed by atoms with E-state index in [-0.39, 0.29) is 5.41 Å². The lowest BCUT2D eigenvalue weighted by Gasteiger charge is -2.64. The van der Waals surface area contributed by atoms with Crippen molar-refractivity contribution < 1.29 is 4.79 Å². The van der Waals surface area contributed by atoms with Gasteiger partial charge in [0.1, 0.15) is 0 Å². The van der Waals surface area contributed by atoms with Crippen LogP contribution in [0.3, 0.4) is 0 Å². The predicted octanol–water partition coefficient (Wildman–Crippen LogP) is 4.51. The highest BCUT2D eigenvalue weighted by molar-refractivity contribution is 6.17. The molecule has 4 saturated carbocycles. The van der Waals surface area contributed by atoms with Crippen molar-refractivity contribution in [2.24, 2.45) is 22.2 Å². The summed E-state index contributed by atoms with van der Waals surface area (Å²) in [6.45, 7) is 5.69. The molecule has 0 saturated heterocycles. The third kappa shape index (κ3) is 2.98. The van der Waals surface area contributed by atoms with Crippen LogP contribution in [0.15, 0.2) is 0 Å². The molecule has 3 heteroatoms. The first-order valence-corrected chi connectivity index (χ1v) is 9.27. The van der Waals surface area contributed by atoms with Gasteiger partial charge in [-0.15, -0.1) is 11.6 Å². The second-order valence-electron chi connectivity index (χ2n) is 8.92. The summed E-state index contributed by atoms with van der Waals surface area (Å²) in [5.74, 6) is 1.88. The largest absolute Gasteiger partial charge is 0.356 e. The molecule has 2 atom stereocenters. The van der Waals surface area contributed by atoms with Crippen LogP contribution in [0.25, 0.3) is 0 Å². The molecule has 2 nitrogen and oxygen atoms in total. The van der Waals surface area contributed by atoms with Crippen LogP contribution < -0.4 is 5.32 Å². The van der Waals surface area contributed by atoms with Gasteiger partial charge in [-0.25, -0.2) is 0 Å². The van der Waals surface area contributed by atoms with E-state index in [1.807, 2.05) is 0 Å². The molecular formula is C18H30ClNO. The second-order valence-corrected chi connectivity index (χ2v) is 9.29. The highest BCUT2D eigenvalue weighted by Gasteiger charge is 2.62. The van der Waals surface area contributed by atoms with E-state index in [4.69, 9.17) is 11.6 Å². The topological polar surface area (TPSA) is 29.1 Å². The molecule has 1 N–H and O–H groups in total. The standard InChI is InChI=1S/C18H30ClNO/c1-16-8-14-9-17(2,11-16)13-18(10-14,12-16)15(21)20-7-5-3-4-6-19/h14H,3-13H2,1-2H3,(H,20,21). The third-order valence-electron chi connectivity index (χ3n) is 6.20. The molecule has 0 heterocycles. The molecule has 4 aliphatic carbocycles. The quantitative estimate of drug-likeness (QED) is 0.567. The maximum Gasteiger partial charge on any atom is 0.226 e. The minimum absolute atomic E-state index is 0.0462. The first-order valence-electron chi connectivity index (χ1n) is 8.73. The van der Waals surface area contributed by atoms with Crippen LogP contribution in [-0.2, 0) is 4.79 Å². The van der Waals surface area contributed by atoms with Crippen LogP contribution in [0.2, 0.25) is 0 Å². The van der Waals surface area contributed by atoms with Crippen molar-refractivity contribution in [2.45, 2.75) is 71.6 Å². The third-order valence-corrected chi connectivity index (χ3v) is 6.47. The number of hydrogen-bond donors (Lipinski definition) is 1. The molecule has 21 heavy (non-hydrogen) atoms. The number of carbonyl (C=O) groups is 1. The Morgan fingerprint density at radius 2 is 1.71 bits per heavy atom. The van der Waals surface area contributed by atoms with Gasteiger partial charge in [-0.3, -0.25) is 4.79 Å². The number of halogens is 1. The van der Waals surface area contributed by atoms with Crippen LogP contribution in [-0.4, -0.2) is 18.3 Å². The molecule has 4 fully saturated rings. The molecule has 2 unspecified atom stereocenters. The van der Waals surface area contributed by atoms with Crippen LogP contribution in [0.1, 0.15) is 71.6 Å². The Bertz CT molecular complexity index is 403. The van der Waals surface area contributed by atoms with Gasteiger partial charge in [-0.1, -0.05) is 20.3 Å². The summed E-state index contributed by atoms with van der Waals surface area (Å²) in [5.41, 5.74) is 0.795. The van der Waals surface area contributed by atoms with E-state index in [9.17, 15) is 4.79 Å². The SMILES string of the molecule is CC12CC3CC(C)(C1)CC(C(=O)NCCCCCCl)(C3)C2. The van der Waals surface area contributed by atoms with Gasteiger partial charge in [0, 0.05) is 12.4 Å². The first kappa shape index (κ1) is 15.6. The van der Waals surface area contributed by atoms with Gasteiger partial charge in [-0.05, 0) is 68.1 Å². The fourth-order valence-electron chi connectivity index (χ4n) is 6.49. The molecule has 120 valence electrons. The Morgan fingerprint density at radius 3 is 2.29 bits per heavy atom. The van der Waals surface area contributed by atoms with E-state index >= 15 is 0 Å². The molecular weight excluding hydrogens is 282 g/mol. The maximum atomic E-state index is 12.9. The molecule has 0 aromatic carbocycles. The molecule has 4 rings (SSSR count). The molecule has 4 aliphatic rings. The van der Waals surface area contributed by atoms with Crippen molar-refractivity contribution in [3.63, 3.8) is 0 Å². The van der Waals surface area contributed by atoms with E-state index in [0.717, 1.165) is 56.9 Å². The van der Waals surface area contributed by atoms with Crippen LogP contribution >= 0.6 is 11.6 Å². The summed E-state index contributed by atoms with van der Waals surface area (Å²) in [4.78, 5) is 12.9. The smallest absolute Gasteiger partial charge is 0.226 e. The minimum Gasteiger partial charge on any atom is -0.356 e. The van der Waals surface area contributed by atoms with E-state index < -0.39 is 0 Å². The minimum atomic E-state index is -0.0462. The fourth-order valence-corrected chi connectivity index (χ4v) is 6.68. The van der Waals surface area contributed by atoms with Gasteiger partial charge < -0.3 is 5.32 Å². The lowest BCUT2D eigenvalue weighted by Crippen LogP contribution is -2.59. The Balaban J connectivity index is 1.63. The van der Waals surface area contributed by atoms with Gasteiger partial charge in [0.15, 0.2) is 0 Å². The van der Waals surface area contributed by atoms with Crippen LogP contribution in [0.4, 0.5) is 0 Å². The van der Waals surface area contributed by atoms with E-state index in [0.29, 0.717) is 16.7 Å². The maximum absolute atomic E-state index is 12.9. The summed E-state index contributed by atoms with van der Waals surface area (Å²) in [6.07, 6.45) is 10.7. The average Bonchev–Trinajstić information content (AvgIpc) is 2.33. The predicted molar refractivity (Wildman–Crippen MR) is 87.4 cm³/mol. The molecule has 0 aliphatic heterocycles. The number of alkyl halides is 1. The lowest BCUT2D eigenvalue weighted by molar-refractivity contribution is -0.170. The number of hydrogen-bond acceptors (Lipinski definition) is 1. The number of amides is 1. The van der Waals surface area contributed by atoms with Crippen molar-refractivity contribution in [2.75, 3.05) is 12.4 Å². The van der Waals surface area contributed by atoms with Gasteiger partial charge in [0.25, 0.3) is 0 Å². The Morgan fingerprint density at radius 1 is 1.05 bits per heavy atom. The molecule has 4 bridgehead atoms. The van der Waals surface area contributed by atoms with Crippen molar-refractivity contribution in [1.29, 1.82) is 0 Å². The zero-order chi connectivity index (χ0) is 15.1. The summed E-state index contributed by atoms with van der Waals surface area (Å²) < 4.78 is 0. The van der Waals surface area contributed by atoms with Gasteiger partial charge in [0.2, 0.25) is 5.91 Å². The van der Waals surface area contributed by atoms with E-state index in [1.54, 1.807) is 0 Å². The van der Waals surface area contributed by atoms with Crippen LogP contribution in [0.5, 0.6) is 0 Å². The van der Waals surface area contributed by atoms with Gasteiger partial charge >= 0.3 is 0 Å². The molecule has 0 aromatic rings. The van der Waals surface area contributed by atoms with Crippen molar-refractivity contribution in [3.05, 3.63) is 0 Å². The highest BCUT2D eigenvalue weighted by atomic mass is 35.5. The van der Waals surface area contributed by atoms with E-state index in [1.165, 1.54) is 19.3 Å². The van der Waals surface area contributed by atoms with Gasteiger partial charge in [-0.2, -0.15) is 0 Å². The monoisotopic (exact) mass is 311 g/mol. The highest BCUT2D eigenvalue weighted by Crippen LogP contribution is 2.69. The number of carbonyl (C=O) groups excluding carboxylic acids is 1. The number of rotatable bonds is 6. The summed E-state index contributed by atoms with van der Waals surface area (Å²) >= 11 is 5.70. The van der Waals surface area contributed by atoms with Crippen molar-refractivity contribution in [1.82, 2.24) is 5.32 Å². The fraction of sp³-hybridized carbons (Fsp3) is 0.944. The number of nitrogens with one attached hydrogen (secondary N) is 1. The summed E-state index contributed by atoms with van der Waals surface area (Å²) in [6, 6.07) is 0. The van der Waals surface area contributed by atoms with Crippen molar-refractivity contribution >= 4 is 17.5 Å². The molecule has 0 aromatic heterocycles. The molecule has 1 amide bonds. The zero-order valence-electron chi connectivity index (χ0n) is 13.6. The Kier molecular flexibility index (Phi) is 4.05. The van der Waals surface area contributed by atoms with Crippen LogP contribution in [0, 0.1) is 22.2 Å². The Labute approximate surface area is 134 Å². The zero-order valence-corrected chi connectivity index (χ0v) is 14.4. The number of unbranched alkanes of at least 4 members (excludes halogenated alkanes) is 2. The first-order chi connectivity index (χ1) is 9.89. The molecule has 0 radical (unpaired) electrons. The summed E-state index contributed by atoms with van der Waals surface area (Å²) in [5, 5.41) is 3.25. The van der Waals surface area contributed by atoms with Gasteiger partial charge in [0.05, 0.1) is 5.41 Å². The summed E-state index contributed by atoms with van der Waals surface area (Å²) in [7, 11) is 0. The Hall–Kier alpha value is -0.240. The lowest BCUT2D eigenvalue weighted by atomic mass is 9.40. The normalized spacial score (nSPS) is 44.0. The average molecular weight is 312 g/mol. The van der Waals surface area contributed by atoms with Crippen molar-refractivity contribution in [3.8, 4) is 0 Å². The second kappa shape index (κ2) is 5.44. The van der Waals surface area contributed by atoms with E-state index in [2.05, 4.69) is 19.2 Å².